The Kier molecular flexibility index (Phi) is 4.02. The van der Waals surface area contributed by atoms with Gasteiger partial charge in [-0.25, -0.2) is 0 Å². The van der Waals surface area contributed by atoms with Gasteiger partial charge in [-0.15, -0.1) is 0 Å². The largest absolute Gasteiger partial charge is 0.469 e. The number of allylic oxidation sites excluding steroid dienone is 2. The van der Waals surface area contributed by atoms with Crippen molar-refractivity contribution in [2.75, 3.05) is 0 Å². The van der Waals surface area contributed by atoms with Gasteiger partial charge in [0.1, 0.15) is 5.76 Å². The second-order valence-corrected chi connectivity index (χ2v) is 4.67. The second kappa shape index (κ2) is 5.71. The minimum atomic E-state index is 0.125. The Morgan fingerprint density at radius 3 is 3.12 bits per heavy atom. The van der Waals surface area contributed by atoms with Crippen LogP contribution in [0.5, 0.6) is 0 Å². The van der Waals surface area contributed by atoms with Crippen molar-refractivity contribution >= 4 is 5.91 Å². The van der Waals surface area contributed by atoms with Gasteiger partial charge in [0, 0.05) is 18.4 Å². The molecule has 17 heavy (non-hydrogen) atoms. The fraction of sp³-hybridized carbons (Fsp3) is 0.500. The third-order valence-corrected chi connectivity index (χ3v) is 3.12. The number of nitrogens with one attached hydrogen (secondary N) is 1. The summed E-state index contributed by atoms with van der Waals surface area (Å²) in [6.07, 6.45) is 9.53. The number of carbonyl (C=O) groups is 1. The van der Waals surface area contributed by atoms with Gasteiger partial charge in [-0.2, -0.15) is 0 Å². The molecule has 1 aromatic rings. The van der Waals surface area contributed by atoms with Crippen molar-refractivity contribution in [1.29, 1.82) is 0 Å². The molecule has 0 unspecified atom stereocenters. The van der Waals surface area contributed by atoms with E-state index in [1.54, 1.807) is 6.26 Å². The molecule has 2 rings (SSSR count). The standard InChI is InChI=1S/C14H19NO2/c1-11(10-13-8-5-9-17-13)15-14(16)12-6-3-2-4-7-12/h2-3,5,8-9,11-12H,4,6-7,10H2,1H3,(H,15,16)/t11-,12-/m0/s1. The van der Waals surface area contributed by atoms with E-state index in [-0.39, 0.29) is 17.9 Å². The molecule has 1 aliphatic carbocycles. The Hall–Kier alpha value is -1.51. The van der Waals surface area contributed by atoms with Crippen LogP contribution in [0, 0.1) is 5.92 Å². The maximum atomic E-state index is 12.0. The van der Waals surface area contributed by atoms with E-state index in [0.29, 0.717) is 0 Å². The molecule has 92 valence electrons. The molecule has 1 N–H and O–H groups in total. The average molecular weight is 233 g/mol. The van der Waals surface area contributed by atoms with Crippen LogP contribution in [0.25, 0.3) is 0 Å². The zero-order chi connectivity index (χ0) is 12.1. The molecular formula is C14H19NO2. The quantitative estimate of drug-likeness (QED) is 0.812. The molecule has 2 atom stereocenters. The maximum Gasteiger partial charge on any atom is 0.223 e. The summed E-state index contributed by atoms with van der Waals surface area (Å²) in [5.74, 6) is 1.24. The van der Waals surface area contributed by atoms with Crippen molar-refractivity contribution in [2.24, 2.45) is 5.92 Å². The minimum absolute atomic E-state index is 0.125. The van der Waals surface area contributed by atoms with Crippen LogP contribution in [0.15, 0.2) is 35.0 Å². The number of hydrogen-bond donors (Lipinski definition) is 1. The van der Waals surface area contributed by atoms with Crippen molar-refractivity contribution < 1.29 is 9.21 Å². The predicted molar refractivity (Wildman–Crippen MR) is 66.5 cm³/mol. The van der Waals surface area contributed by atoms with Gasteiger partial charge in [0.05, 0.1) is 6.26 Å². The number of amides is 1. The van der Waals surface area contributed by atoms with E-state index in [1.807, 2.05) is 19.1 Å². The van der Waals surface area contributed by atoms with Gasteiger partial charge in [-0.05, 0) is 38.3 Å². The van der Waals surface area contributed by atoms with Gasteiger partial charge >= 0.3 is 0 Å². The van der Waals surface area contributed by atoms with E-state index in [2.05, 4.69) is 17.5 Å². The summed E-state index contributed by atoms with van der Waals surface area (Å²) in [6.45, 7) is 2.01. The summed E-state index contributed by atoms with van der Waals surface area (Å²) < 4.78 is 5.27. The van der Waals surface area contributed by atoms with Crippen molar-refractivity contribution in [3.63, 3.8) is 0 Å². The zero-order valence-corrected chi connectivity index (χ0v) is 10.2. The summed E-state index contributed by atoms with van der Waals surface area (Å²) in [5, 5.41) is 3.06. The molecule has 0 aliphatic heterocycles. The van der Waals surface area contributed by atoms with Gasteiger partial charge < -0.3 is 9.73 Å². The molecule has 1 aromatic heterocycles. The van der Waals surface area contributed by atoms with Crippen molar-refractivity contribution in [1.82, 2.24) is 5.32 Å². The molecule has 0 saturated carbocycles. The van der Waals surface area contributed by atoms with Crippen LogP contribution >= 0.6 is 0 Å². The fourth-order valence-electron chi connectivity index (χ4n) is 2.17. The highest BCUT2D eigenvalue weighted by atomic mass is 16.3. The zero-order valence-electron chi connectivity index (χ0n) is 10.2. The predicted octanol–water partition coefficient (Wildman–Crippen LogP) is 2.68. The first-order valence-corrected chi connectivity index (χ1v) is 6.23. The lowest BCUT2D eigenvalue weighted by Gasteiger charge is -2.20. The normalized spacial score (nSPS) is 21.1. The lowest BCUT2D eigenvalue weighted by atomic mass is 9.93. The lowest BCUT2D eigenvalue weighted by molar-refractivity contribution is -0.125. The summed E-state index contributed by atoms with van der Waals surface area (Å²) in [7, 11) is 0. The number of furan rings is 1. The summed E-state index contributed by atoms with van der Waals surface area (Å²) in [6, 6.07) is 3.93. The second-order valence-electron chi connectivity index (χ2n) is 4.67. The van der Waals surface area contributed by atoms with Crippen molar-refractivity contribution in [3.8, 4) is 0 Å². The fourth-order valence-corrected chi connectivity index (χ4v) is 2.17. The first-order valence-electron chi connectivity index (χ1n) is 6.23. The maximum absolute atomic E-state index is 12.0. The molecule has 1 aliphatic rings. The number of carbonyl (C=O) groups excluding carboxylic acids is 1. The van der Waals surface area contributed by atoms with Crippen LogP contribution in [0.2, 0.25) is 0 Å². The Morgan fingerprint density at radius 1 is 1.59 bits per heavy atom. The van der Waals surface area contributed by atoms with Gasteiger partial charge in [0.25, 0.3) is 0 Å². The van der Waals surface area contributed by atoms with E-state index in [0.717, 1.165) is 31.4 Å². The monoisotopic (exact) mass is 233 g/mol. The van der Waals surface area contributed by atoms with Crippen LogP contribution in [0.3, 0.4) is 0 Å². The Balaban J connectivity index is 1.79. The Labute approximate surface area is 102 Å². The Morgan fingerprint density at radius 2 is 2.47 bits per heavy atom. The average Bonchev–Trinajstić information content (AvgIpc) is 2.82. The van der Waals surface area contributed by atoms with Gasteiger partial charge in [0.2, 0.25) is 5.91 Å². The van der Waals surface area contributed by atoms with Gasteiger partial charge in [-0.1, -0.05) is 12.2 Å². The number of hydrogen-bond acceptors (Lipinski definition) is 2. The van der Waals surface area contributed by atoms with Crippen molar-refractivity contribution in [3.05, 3.63) is 36.3 Å². The molecular weight excluding hydrogens is 214 g/mol. The molecule has 0 saturated heterocycles. The molecule has 1 heterocycles. The molecule has 0 fully saturated rings. The molecule has 3 heteroatoms. The Bertz CT molecular complexity index is 381. The molecule has 0 aromatic carbocycles. The molecule has 1 amide bonds. The summed E-state index contributed by atoms with van der Waals surface area (Å²) in [5.41, 5.74) is 0. The molecule has 0 bridgehead atoms. The molecule has 0 spiro atoms. The highest BCUT2D eigenvalue weighted by Crippen LogP contribution is 2.18. The van der Waals surface area contributed by atoms with Crippen LogP contribution in [-0.4, -0.2) is 11.9 Å². The van der Waals surface area contributed by atoms with Gasteiger partial charge in [0.15, 0.2) is 0 Å². The summed E-state index contributed by atoms with van der Waals surface area (Å²) in [4.78, 5) is 12.0. The first-order chi connectivity index (χ1) is 8.25. The first kappa shape index (κ1) is 12.0. The van der Waals surface area contributed by atoms with E-state index < -0.39 is 0 Å². The molecule has 0 radical (unpaired) electrons. The van der Waals surface area contributed by atoms with Crippen LogP contribution in [-0.2, 0) is 11.2 Å². The third-order valence-electron chi connectivity index (χ3n) is 3.12. The van der Waals surface area contributed by atoms with Crippen LogP contribution < -0.4 is 5.32 Å². The van der Waals surface area contributed by atoms with Crippen LogP contribution in [0.1, 0.15) is 31.9 Å². The smallest absolute Gasteiger partial charge is 0.223 e. The van der Waals surface area contributed by atoms with Crippen LogP contribution in [0.4, 0.5) is 0 Å². The topological polar surface area (TPSA) is 42.2 Å². The van der Waals surface area contributed by atoms with Gasteiger partial charge in [-0.3, -0.25) is 4.79 Å². The SMILES string of the molecule is C[C@@H](Cc1ccco1)NC(=O)[C@H]1CC=CCC1. The summed E-state index contributed by atoms with van der Waals surface area (Å²) >= 11 is 0. The highest BCUT2D eigenvalue weighted by molar-refractivity contribution is 5.79. The lowest BCUT2D eigenvalue weighted by Crippen LogP contribution is -2.38. The number of rotatable bonds is 4. The van der Waals surface area contributed by atoms with E-state index >= 15 is 0 Å². The van der Waals surface area contributed by atoms with E-state index in [9.17, 15) is 4.79 Å². The van der Waals surface area contributed by atoms with E-state index in [1.165, 1.54) is 0 Å². The highest BCUT2D eigenvalue weighted by Gasteiger charge is 2.20. The third kappa shape index (κ3) is 3.48. The van der Waals surface area contributed by atoms with E-state index in [4.69, 9.17) is 4.42 Å². The minimum Gasteiger partial charge on any atom is -0.469 e. The van der Waals surface area contributed by atoms with Crippen molar-refractivity contribution in [2.45, 2.75) is 38.6 Å². The molecule has 3 nitrogen and oxygen atoms in total.